The molecular formula is C21H20ClN5O3S. The molecule has 10 heteroatoms. The Morgan fingerprint density at radius 2 is 2.19 bits per heavy atom. The molecule has 0 saturated heterocycles. The van der Waals surface area contributed by atoms with E-state index in [1.165, 1.54) is 22.2 Å². The Morgan fingerprint density at radius 1 is 1.39 bits per heavy atom. The predicted molar refractivity (Wildman–Crippen MR) is 120 cm³/mol. The van der Waals surface area contributed by atoms with Crippen molar-refractivity contribution in [2.45, 2.75) is 39.8 Å². The fourth-order valence-corrected chi connectivity index (χ4v) is 4.36. The summed E-state index contributed by atoms with van der Waals surface area (Å²) in [5.41, 5.74) is 1.14. The molecule has 0 spiro atoms. The van der Waals surface area contributed by atoms with E-state index in [1.54, 1.807) is 12.1 Å². The summed E-state index contributed by atoms with van der Waals surface area (Å²) < 4.78 is 6.77. The van der Waals surface area contributed by atoms with Crippen molar-refractivity contribution >= 4 is 39.1 Å². The average molecular weight is 458 g/mol. The number of hydrogen-bond acceptors (Lipinski definition) is 7. The van der Waals surface area contributed by atoms with E-state index in [9.17, 15) is 9.59 Å². The number of halogens is 1. The first-order valence-corrected chi connectivity index (χ1v) is 10.9. The van der Waals surface area contributed by atoms with E-state index >= 15 is 0 Å². The molecule has 0 aliphatic heterocycles. The summed E-state index contributed by atoms with van der Waals surface area (Å²) in [4.78, 5) is 35.3. The minimum atomic E-state index is -0.279. The van der Waals surface area contributed by atoms with Crippen LogP contribution in [0.4, 0.5) is 0 Å². The number of nitrogens with one attached hydrogen (secondary N) is 1. The van der Waals surface area contributed by atoms with Crippen molar-refractivity contribution in [3.05, 3.63) is 51.5 Å². The second kappa shape index (κ2) is 8.60. The van der Waals surface area contributed by atoms with Crippen molar-refractivity contribution in [3.8, 4) is 22.2 Å². The molecule has 0 saturated carbocycles. The molecule has 1 atom stereocenters. The lowest BCUT2D eigenvalue weighted by Crippen LogP contribution is -2.37. The number of aromatic nitrogens is 4. The van der Waals surface area contributed by atoms with Gasteiger partial charge in [0.25, 0.3) is 11.4 Å². The zero-order chi connectivity index (χ0) is 22.1. The van der Waals surface area contributed by atoms with Crippen molar-refractivity contribution in [3.63, 3.8) is 0 Å². The maximum atomic E-state index is 13.0. The molecule has 1 amide bonds. The molecule has 1 N–H and O–H groups in total. The molecule has 4 rings (SSSR count). The summed E-state index contributed by atoms with van der Waals surface area (Å²) >= 11 is 7.34. The van der Waals surface area contributed by atoms with Gasteiger partial charge >= 0.3 is 0 Å². The van der Waals surface area contributed by atoms with Crippen LogP contribution in [0, 0.1) is 6.92 Å². The molecule has 0 radical (unpaired) electrons. The Kier molecular flexibility index (Phi) is 5.88. The minimum absolute atomic E-state index is 0.0422. The molecule has 4 aromatic rings. The van der Waals surface area contributed by atoms with Gasteiger partial charge in [-0.1, -0.05) is 35.8 Å². The van der Waals surface area contributed by atoms with Crippen LogP contribution >= 0.6 is 22.9 Å². The van der Waals surface area contributed by atoms with Crippen LogP contribution in [0.2, 0.25) is 5.02 Å². The van der Waals surface area contributed by atoms with Gasteiger partial charge in [-0.05, 0) is 38.0 Å². The number of carbonyl (C=O) groups excluding carboxylic acids is 1. The zero-order valence-electron chi connectivity index (χ0n) is 17.2. The lowest BCUT2D eigenvalue weighted by molar-refractivity contribution is -0.122. The number of benzene rings is 1. The number of aryl methyl sites for hydroxylation is 1. The summed E-state index contributed by atoms with van der Waals surface area (Å²) in [7, 11) is 0. The first-order chi connectivity index (χ1) is 14.9. The van der Waals surface area contributed by atoms with E-state index < -0.39 is 0 Å². The lowest BCUT2D eigenvalue weighted by Gasteiger charge is -2.12. The number of rotatable bonds is 6. The van der Waals surface area contributed by atoms with E-state index in [1.807, 2.05) is 32.9 Å². The summed E-state index contributed by atoms with van der Waals surface area (Å²) in [6.07, 6.45) is 2.21. The Bertz CT molecular complexity index is 1330. The second-order valence-electron chi connectivity index (χ2n) is 7.22. The van der Waals surface area contributed by atoms with E-state index in [-0.39, 0.29) is 24.1 Å². The van der Waals surface area contributed by atoms with Crippen LogP contribution in [-0.4, -0.2) is 31.6 Å². The number of nitrogens with zero attached hydrogens (tertiary/aromatic N) is 4. The first-order valence-electron chi connectivity index (χ1n) is 9.75. The highest BCUT2D eigenvalue weighted by Crippen LogP contribution is 2.35. The molecule has 1 aromatic carbocycles. The summed E-state index contributed by atoms with van der Waals surface area (Å²) in [6.45, 7) is 5.62. The van der Waals surface area contributed by atoms with Gasteiger partial charge in [-0.2, -0.15) is 4.98 Å². The number of hydrogen-bond donors (Lipinski definition) is 1. The van der Waals surface area contributed by atoms with Gasteiger partial charge in [0.1, 0.15) is 11.4 Å². The second-order valence-corrected chi connectivity index (χ2v) is 8.66. The molecule has 0 aliphatic carbocycles. The van der Waals surface area contributed by atoms with Crippen LogP contribution in [0.3, 0.4) is 0 Å². The van der Waals surface area contributed by atoms with Crippen molar-refractivity contribution in [2.24, 2.45) is 0 Å². The van der Waals surface area contributed by atoms with Gasteiger partial charge in [0.15, 0.2) is 0 Å². The maximum absolute atomic E-state index is 13.0. The molecule has 0 bridgehead atoms. The molecule has 0 aliphatic rings. The van der Waals surface area contributed by atoms with Crippen LogP contribution < -0.4 is 10.9 Å². The van der Waals surface area contributed by atoms with Crippen LogP contribution in [0.15, 0.2) is 39.9 Å². The summed E-state index contributed by atoms with van der Waals surface area (Å²) in [6, 6.07) is 7.20. The van der Waals surface area contributed by atoms with Gasteiger partial charge in [-0.25, -0.2) is 4.98 Å². The fourth-order valence-electron chi connectivity index (χ4n) is 3.11. The molecule has 8 nitrogen and oxygen atoms in total. The van der Waals surface area contributed by atoms with Crippen molar-refractivity contribution in [1.29, 1.82) is 0 Å². The minimum Gasteiger partial charge on any atom is -0.352 e. The summed E-state index contributed by atoms with van der Waals surface area (Å²) in [5.74, 6) is 0.478. The van der Waals surface area contributed by atoms with E-state index in [2.05, 4.69) is 20.4 Å². The van der Waals surface area contributed by atoms with E-state index in [0.717, 1.165) is 12.0 Å². The lowest BCUT2D eigenvalue weighted by atomic mass is 10.2. The number of amides is 1. The Balaban J connectivity index is 1.68. The van der Waals surface area contributed by atoms with Crippen molar-refractivity contribution in [1.82, 2.24) is 25.0 Å². The van der Waals surface area contributed by atoms with E-state index in [4.69, 9.17) is 16.1 Å². The standard InChI is InChI=1S/C21H20ClN5O3S/c1-4-11(2)24-15(28)9-27-10-23-20-16(21(27)29)12(3)17(31-20)19-25-18(26-30-19)13-6-5-7-14(22)8-13/h5-8,10-11H,4,9H2,1-3H3,(H,24,28)/t11-/m0/s1. The highest BCUT2D eigenvalue weighted by atomic mass is 35.5. The maximum Gasteiger partial charge on any atom is 0.268 e. The zero-order valence-corrected chi connectivity index (χ0v) is 18.8. The molecule has 3 heterocycles. The monoisotopic (exact) mass is 457 g/mol. The predicted octanol–water partition coefficient (Wildman–Crippen LogP) is 4.05. The highest BCUT2D eigenvalue weighted by molar-refractivity contribution is 7.22. The smallest absolute Gasteiger partial charge is 0.268 e. The topological polar surface area (TPSA) is 103 Å². The van der Waals surface area contributed by atoms with Crippen molar-refractivity contribution < 1.29 is 9.32 Å². The molecule has 0 unspecified atom stereocenters. The van der Waals surface area contributed by atoms with Gasteiger partial charge in [0.05, 0.1) is 16.6 Å². The average Bonchev–Trinajstić information content (AvgIpc) is 3.35. The normalized spacial score (nSPS) is 12.3. The SMILES string of the molecule is CC[C@H](C)NC(=O)Cn1cnc2sc(-c3nc(-c4cccc(Cl)c4)no3)c(C)c2c1=O. The fraction of sp³-hybridized carbons (Fsp3) is 0.286. The number of thiophene rings is 1. The van der Waals surface area contributed by atoms with Crippen LogP contribution in [0.5, 0.6) is 0 Å². The Labute approximate surface area is 186 Å². The van der Waals surface area contributed by atoms with Gasteiger partial charge < -0.3 is 9.84 Å². The number of fused-ring (bicyclic) bond motifs is 1. The van der Waals surface area contributed by atoms with Gasteiger partial charge in [0.2, 0.25) is 11.7 Å². The third-order valence-electron chi connectivity index (χ3n) is 4.95. The van der Waals surface area contributed by atoms with E-state index in [0.29, 0.717) is 37.4 Å². The molecule has 160 valence electrons. The third kappa shape index (κ3) is 4.24. The summed E-state index contributed by atoms with van der Waals surface area (Å²) in [5, 5.41) is 7.91. The molecule has 3 aromatic heterocycles. The number of carbonyl (C=O) groups is 1. The van der Waals surface area contributed by atoms with Crippen LogP contribution in [0.1, 0.15) is 25.8 Å². The molecule has 31 heavy (non-hydrogen) atoms. The van der Waals surface area contributed by atoms with Gasteiger partial charge in [-0.15, -0.1) is 11.3 Å². The van der Waals surface area contributed by atoms with Gasteiger partial charge in [0, 0.05) is 16.6 Å². The van der Waals surface area contributed by atoms with Gasteiger partial charge in [-0.3, -0.25) is 14.2 Å². The Morgan fingerprint density at radius 3 is 2.94 bits per heavy atom. The highest BCUT2D eigenvalue weighted by Gasteiger charge is 2.21. The molecular weight excluding hydrogens is 438 g/mol. The quantitative estimate of drug-likeness (QED) is 0.468. The Hall–Kier alpha value is -3.04. The first kappa shape index (κ1) is 21.2. The largest absolute Gasteiger partial charge is 0.352 e. The third-order valence-corrected chi connectivity index (χ3v) is 6.38. The van der Waals surface area contributed by atoms with Crippen molar-refractivity contribution in [2.75, 3.05) is 0 Å². The molecule has 0 fully saturated rings. The van der Waals surface area contributed by atoms with Crippen LogP contribution in [0.25, 0.3) is 32.4 Å². The van der Waals surface area contributed by atoms with Crippen LogP contribution in [-0.2, 0) is 11.3 Å².